The number of hydrogen-bond acceptors (Lipinski definition) is 6. The molecule has 0 saturated carbocycles. The summed E-state index contributed by atoms with van der Waals surface area (Å²) in [4.78, 5) is 35.5. The summed E-state index contributed by atoms with van der Waals surface area (Å²) in [5, 5.41) is 3.84. The highest BCUT2D eigenvalue weighted by Gasteiger charge is 2.32. The monoisotopic (exact) mass is 353 g/mol. The average Bonchev–Trinajstić information content (AvgIpc) is 3.10. The third kappa shape index (κ3) is 2.98. The van der Waals surface area contributed by atoms with Crippen molar-refractivity contribution in [2.75, 3.05) is 6.54 Å². The Kier molecular flexibility index (Phi) is 4.24. The second-order valence-electron chi connectivity index (χ2n) is 6.45. The van der Waals surface area contributed by atoms with E-state index in [-0.39, 0.29) is 24.1 Å². The molecule has 1 saturated heterocycles. The summed E-state index contributed by atoms with van der Waals surface area (Å²) in [5.41, 5.74) is 1.04. The Morgan fingerprint density at radius 1 is 1.31 bits per heavy atom. The first-order chi connectivity index (χ1) is 12.6. The van der Waals surface area contributed by atoms with E-state index >= 15 is 0 Å². The van der Waals surface area contributed by atoms with Crippen molar-refractivity contribution in [1.29, 1.82) is 0 Å². The van der Waals surface area contributed by atoms with E-state index in [0.29, 0.717) is 29.3 Å². The Morgan fingerprint density at radius 2 is 2.15 bits per heavy atom. The van der Waals surface area contributed by atoms with Crippen LogP contribution in [0.25, 0.3) is 11.0 Å². The third-order valence-electron chi connectivity index (χ3n) is 4.70. The third-order valence-corrected chi connectivity index (χ3v) is 4.70. The van der Waals surface area contributed by atoms with Crippen molar-refractivity contribution in [2.45, 2.75) is 38.8 Å². The zero-order valence-electron chi connectivity index (χ0n) is 14.5. The van der Waals surface area contributed by atoms with Crippen LogP contribution >= 0.6 is 0 Å². The molecule has 0 aliphatic carbocycles. The van der Waals surface area contributed by atoms with Crippen LogP contribution in [0.2, 0.25) is 0 Å². The lowest BCUT2D eigenvalue weighted by Crippen LogP contribution is -2.42. The Morgan fingerprint density at radius 3 is 2.96 bits per heavy atom. The second kappa shape index (κ2) is 6.70. The van der Waals surface area contributed by atoms with Gasteiger partial charge >= 0.3 is 0 Å². The number of aromatic nitrogens is 4. The zero-order chi connectivity index (χ0) is 18.1. The van der Waals surface area contributed by atoms with Crippen LogP contribution in [0, 0.1) is 6.92 Å². The lowest BCUT2D eigenvalue weighted by Gasteiger charge is -2.33. The van der Waals surface area contributed by atoms with Gasteiger partial charge in [0, 0.05) is 6.54 Å². The smallest absolute Gasteiger partial charge is 0.269 e. The number of rotatable bonds is 3. The minimum Gasteiger partial charge on any atom is -0.337 e. The molecule has 1 atom stereocenters. The minimum absolute atomic E-state index is 0.0362. The van der Waals surface area contributed by atoms with Gasteiger partial charge in [-0.05, 0) is 38.3 Å². The summed E-state index contributed by atoms with van der Waals surface area (Å²) in [6, 6.07) is 7.06. The number of amides is 1. The molecule has 4 rings (SSSR count). The van der Waals surface area contributed by atoms with Gasteiger partial charge in [0.15, 0.2) is 5.82 Å². The van der Waals surface area contributed by atoms with Crippen molar-refractivity contribution in [3.63, 3.8) is 0 Å². The predicted octanol–water partition coefficient (Wildman–Crippen LogP) is 1.84. The Balaban J connectivity index is 1.65. The van der Waals surface area contributed by atoms with Gasteiger partial charge in [-0.3, -0.25) is 14.2 Å². The molecule has 3 aromatic rings. The number of para-hydroxylation sites is 2. The highest BCUT2D eigenvalue weighted by molar-refractivity contribution is 5.80. The first-order valence-corrected chi connectivity index (χ1v) is 8.68. The maximum atomic E-state index is 13.0. The fourth-order valence-corrected chi connectivity index (χ4v) is 3.44. The van der Waals surface area contributed by atoms with E-state index in [1.165, 1.54) is 10.8 Å². The van der Waals surface area contributed by atoms with E-state index in [1.54, 1.807) is 17.9 Å². The first-order valence-electron chi connectivity index (χ1n) is 8.68. The number of nitrogens with zero attached hydrogens (tertiary/aromatic N) is 5. The molecule has 134 valence electrons. The SMILES string of the molecule is Cc1noc([C@@H]2CCCCN2C(=O)Cn2c(=O)cnc3ccccc32)n1. The molecule has 0 bridgehead atoms. The fraction of sp³-hybridized carbons (Fsp3) is 0.389. The molecule has 1 fully saturated rings. The highest BCUT2D eigenvalue weighted by atomic mass is 16.5. The van der Waals surface area contributed by atoms with Crippen molar-refractivity contribution in [1.82, 2.24) is 24.6 Å². The van der Waals surface area contributed by atoms with Crippen molar-refractivity contribution >= 4 is 16.9 Å². The van der Waals surface area contributed by atoms with E-state index in [9.17, 15) is 9.59 Å². The van der Waals surface area contributed by atoms with Gasteiger partial charge in [0.1, 0.15) is 12.6 Å². The molecule has 0 unspecified atom stereocenters. The van der Waals surface area contributed by atoms with E-state index in [1.807, 2.05) is 18.2 Å². The van der Waals surface area contributed by atoms with Gasteiger partial charge in [0.05, 0.1) is 17.2 Å². The second-order valence-corrected chi connectivity index (χ2v) is 6.45. The van der Waals surface area contributed by atoms with Crippen molar-refractivity contribution < 1.29 is 9.32 Å². The Bertz CT molecular complexity index is 1010. The van der Waals surface area contributed by atoms with Gasteiger partial charge in [-0.2, -0.15) is 4.98 Å². The molecule has 0 N–H and O–H groups in total. The number of carbonyl (C=O) groups is 1. The fourth-order valence-electron chi connectivity index (χ4n) is 3.44. The molecule has 1 aliphatic heterocycles. The molecular formula is C18H19N5O3. The van der Waals surface area contributed by atoms with Crippen molar-refractivity contribution in [2.24, 2.45) is 0 Å². The van der Waals surface area contributed by atoms with Crippen LogP contribution in [0.4, 0.5) is 0 Å². The average molecular weight is 353 g/mol. The molecule has 1 aliphatic rings. The number of hydrogen-bond donors (Lipinski definition) is 0. The molecular weight excluding hydrogens is 334 g/mol. The van der Waals surface area contributed by atoms with Crippen molar-refractivity contribution in [3.05, 3.63) is 52.5 Å². The molecule has 8 nitrogen and oxygen atoms in total. The lowest BCUT2D eigenvalue weighted by atomic mass is 10.0. The quantitative estimate of drug-likeness (QED) is 0.713. The van der Waals surface area contributed by atoms with Gasteiger partial charge in [0.2, 0.25) is 11.8 Å². The van der Waals surface area contributed by atoms with Crippen LogP contribution in [-0.4, -0.2) is 37.0 Å². The standard InChI is InChI=1S/C18H19N5O3/c1-12-20-18(26-21-12)15-8-4-5-9-22(15)17(25)11-23-14-7-3-2-6-13(14)19-10-16(23)24/h2-3,6-7,10,15H,4-5,8-9,11H2,1H3/t15-/m0/s1. The van der Waals surface area contributed by atoms with E-state index in [4.69, 9.17) is 4.52 Å². The molecule has 0 radical (unpaired) electrons. The van der Waals surface area contributed by atoms with E-state index in [0.717, 1.165) is 19.3 Å². The topological polar surface area (TPSA) is 94.1 Å². The summed E-state index contributed by atoms with van der Waals surface area (Å²) in [5.74, 6) is 0.876. The summed E-state index contributed by atoms with van der Waals surface area (Å²) in [6.07, 6.45) is 3.94. The van der Waals surface area contributed by atoms with Crippen LogP contribution < -0.4 is 5.56 Å². The van der Waals surface area contributed by atoms with Crippen molar-refractivity contribution in [3.8, 4) is 0 Å². The highest BCUT2D eigenvalue weighted by Crippen LogP contribution is 2.30. The maximum Gasteiger partial charge on any atom is 0.269 e. The summed E-state index contributed by atoms with van der Waals surface area (Å²) < 4.78 is 6.76. The number of likely N-dealkylation sites (tertiary alicyclic amines) is 1. The van der Waals surface area contributed by atoms with Crippen LogP contribution in [0.3, 0.4) is 0 Å². The summed E-state index contributed by atoms with van der Waals surface area (Å²) >= 11 is 0. The van der Waals surface area contributed by atoms with E-state index < -0.39 is 0 Å². The van der Waals surface area contributed by atoms with Gasteiger partial charge in [-0.25, -0.2) is 4.98 Å². The van der Waals surface area contributed by atoms with Gasteiger partial charge in [-0.15, -0.1) is 0 Å². The minimum atomic E-state index is -0.292. The zero-order valence-corrected chi connectivity index (χ0v) is 14.5. The Hall–Kier alpha value is -3.03. The molecule has 3 heterocycles. The Labute approximate surface area is 149 Å². The normalized spacial score (nSPS) is 17.6. The van der Waals surface area contributed by atoms with Crippen LogP contribution in [0.5, 0.6) is 0 Å². The van der Waals surface area contributed by atoms with E-state index in [2.05, 4.69) is 15.1 Å². The number of aryl methyl sites for hydroxylation is 1. The molecule has 2 aromatic heterocycles. The molecule has 26 heavy (non-hydrogen) atoms. The molecule has 1 amide bonds. The number of benzene rings is 1. The predicted molar refractivity (Wildman–Crippen MR) is 93.3 cm³/mol. The molecule has 0 spiro atoms. The lowest BCUT2D eigenvalue weighted by molar-refractivity contribution is -0.136. The van der Waals surface area contributed by atoms with Gasteiger partial charge in [-0.1, -0.05) is 17.3 Å². The number of piperidine rings is 1. The van der Waals surface area contributed by atoms with Crippen LogP contribution in [0.15, 0.2) is 39.8 Å². The first kappa shape index (κ1) is 16.4. The number of carbonyl (C=O) groups excluding carboxylic acids is 1. The molecule has 1 aromatic carbocycles. The number of fused-ring (bicyclic) bond motifs is 1. The summed E-state index contributed by atoms with van der Waals surface area (Å²) in [7, 11) is 0. The molecule has 8 heteroatoms. The largest absolute Gasteiger partial charge is 0.337 e. The van der Waals surface area contributed by atoms with Crippen LogP contribution in [0.1, 0.15) is 37.0 Å². The maximum absolute atomic E-state index is 13.0. The van der Waals surface area contributed by atoms with Crippen LogP contribution in [-0.2, 0) is 11.3 Å². The summed E-state index contributed by atoms with van der Waals surface area (Å²) in [6.45, 7) is 2.33. The van der Waals surface area contributed by atoms with Gasteiger partial charge in [0.25, 0.3) is 5.56 Å². The van der Waals surface area contributed by atoms with Gasteiger partial charge < -0.3 is 9.42 Å².